The normalized spacial score (nSPS) is 16.9. The average Bonchev–Trinajstić information content (AvgIpc) is 3.00. The Balaban J connectivity index is 0.000000194. The summed E-state index contributed by atoms with van der Waals surface area (Å²) >= 11 is 0. The number of carbonyl (C=O) groups is 4. The van der Waals surface area contributed by atoms with Crippen LogP contribution in [0.5, 0.6) is 0 Å². The van der Waals surface area contributed by atoms with Crippen molar-refractivity contribution in [2.45, 2.75) is 6.54 Å². The molecule has 3 N–H and O–H groups in total. The van der Waals surface area contributed by atoms with E-state index in [1.807, 2.05) is 35.6 Å². The quantitative estimate of drug-likeness (QED) is 0.642. The van der Waals surface area contributed by atoms with Crippen molar-refractivity contribution in [1.82, 2.24) is 20.9 Å². The first-order valence-corrected chi connectivity index (χ1v) is 6.26. The number of amides is 6. The summed E-state index contributed by atoms with van der Waals surface area (Å²) in [5.74, 6) is -0.427. The number of nitrogens with one attached hydrogen (secondary N) is 3. The van der Waals surface area contributed by atoms with Crippen molar-refractivity contribution < 1.29 is 19.2 Å². The lowest BCUT2D eigenvalue weighted by atomic mass is 10.2. The molecule has 2 saturated heterocycles. The monoisotopic (exact) mass is 290 g/mol. The van der Waals surface area contributed by atoms with Gasteiger partial charge < -0.3 is 10.6 Å². The molecule has 0 aliphatic carbocycles. The first kappa shape index (κ1) is 14.5. The fourth-order valence-corrected chi connectivity index (χ4v) is 1.76. The van der Waals surface area contributed by atoms with Gasteiger partial charge in [0, 0.05) is 0 Å². The van der Waals surface area contributed by atoms with Gasteiger partial charge in [0.2, 0.25) is 11.8 Å². The van der Waals surface area contributed by atoms with Crippen LogP contribution in [-0.2, 0) is 16.1 Å². The third-order valence-electron chi connectivity index (χ3n) is 2.78. The van der Waals surface area contributed by atoms with Crippen molar-refractivity contribution in [2.24, 2.45) is 0 Å². The molecule has 21 heavy (non-hydrogen) atoms. The van der Waals surface area contributed by atoms with Gasteiger partial charge in [0.25, 0.3) is 0 Å². The standard InChI is InChI=1S/C10H10N2O2.C3H4N2O2/c13-9-6-11-10(14)12(9)7-8-4-2-1-3-5-8;6-2-1-4-3(7)5-2/h1-5H,6-7H2,(H,11,14);1H2,(H2,4,5,6,7). The molecule has 8 nitrogen and oxygen atoms in total. The van der Waals surface area contributed by atoms with E-state index in [9.17, 15) is 19.2 Å². The first-order chi connectivity index (χ1) is 10.1. The van der Waals surface area contributed by atoms with Crippen LogP contribution in [0.1, 0.15) is 5.56 Å². The number of hydrogen-bond donors (Lipinski definition) is 3. The number of rotatable bonds is 2. The molecular weight excluding hydrogens is 276 g/mol. The largest absolute Gasteiger partial charge is 0.329 e. The van der Waals surface area contributed by atoms with Gasteiger partial charge in [-0.25, -0.2) is 9.59 Å². The molecule has 110 valence electrons. The summed E-state index contributed by atoms with van der Waals surface area (Å²) in [5, 5.41) is 6.77. The van der Waals surface area contributed by atoms with Crippen molar-refractivity contribution in [2.75, 3.05) is 13.1 Å². The zero-order valence-electron chi connectivity index (χ0n) is 11.1. The van der Waals surface area contributed by atoms with Crippen molar-refractivity contribution in [3.05, 3.63) is 35.9 Å². The number of urea groups is 2. The molecule has 3 rings (SSSR count). The Morgan fingerprint density at radius 3 is 2.10 bits per heavy atom. The summed E-state index contributed by atoms with van der Waals surface area (Å²) in [7, 11) is 0. The van der Waals surface area contributed by atoms with Crippen LogP contribution in [0.4, 0.5) is 9.59 Å². The van der Waals surface area contributed by atoms with E-state index in [0.717, 1.165) is 5.56 Å². The minimum absolute atomic E-state index is 0.117. The minimum Gasteiger partial charge on any atom is -0.329 e. The van der Waals surface area contributed by atoms with Gasteiger partial charge in [0.1, 0.15) is 0 Å². The molecule has 0 aromatic heterocycles. The topological polar surface area (TPSA) is 108 Å². The lowest BCUT2D eigenvalue weighted by Gasteiger charge is -2.11. The van der Waals surface area contributed by atoms with E-state index < -0.39 is 6.03 Å². The smallest absolute Gasteiger partial charge is 0.324 e. The molecular formula is C13H14N4O4. The van der Waals surface area contributed by atoms with Gasteiger partial charge in [-0.1, -0.05) is 30.3 Å². The maximum Gasteiger partial charge on any atom is 0.324 e. The Hall–Kier alpha value is -2.90. The van der Waals surface area contributed by atoms with Gasteiger partial charge in [-0.2, -0.15) is 0 Å². The third kappa shape index (κ3) is 4.03. The molecule has 0 spiro atoms. The molecule has 2 heterocycles. The summed E-state index contributed by atoms with van der Waals surface area (Å²) in [6.07, 6.45) is 0. The highest BCUT2D eigenvalue weighted by Crippen LogP contribution is 2.07. The molecule has 1 aromatic carbocycles. The lowest BCUT2D eigenvalue weighted by molar-refractivity contribution is -0.125. The lowest BCUT2D eigenvalue weighted by Crippen LogP contribution is -2.30. The maximum absolute atomic E-state index is 11.2. The molecule has 2 fully saturated rings. The van der Waals surface area contributed by atoms with Crippen LogP contribution in [-0.4, -0.2) is 41.9 Å². The summed E-state index contributed by atoms with van der Waals surface area (Å²) < 4.78 is 0. The molecule has 1 aromatic rings. The van der Waals surface area contributed by atoms with Crippen LogP contribution in [0.2, 0.25) is 0 Å². The first-order valence-electron chi connectivity index (χ1n) is 6.26. The number of nitrogens with zero attached hydrogens (tertiary/aromatic N) is 1. The molecule has 0 atom stereocenters. The molecule has 6 amide bonds. The number of hydrogen-bond acceptors (Lipinski definition) is 4. The zero-order chi connectivity index (χ0) is 15.2. The van der Waals surface area contributed by atoms with Crippen LogP contribution in [0, 0.1) is 0 Å². The van der Waals surface area contributed by atoms with Crippen LogP contribution >= 0.6 is 0 Å². The molecule has 2 aliphatic heterocycles. The predicted octanol–water partition coefficient (Wildman–Crippen LogP) is -0.436. The highest BCUT2D eigenvalue weighted by atomic mass is 16.2. The Morgan fingerprint density at radius 2 is 1.67 bits per heavy atom. The summed E-state index contributed by atoms with van der Waals surface area (Å²) in [6, 6.07) is 8.73. The van der Waals surface area contributed by atoms with Gasteiger partial charge >= 0.3 is 12.1 Å². The summed E-state index contributed by atoms with van der Waals surface area (Å²) in [5.41, 5.74) is 0.956. The molecule has 0 bridgehead atoms. The molecule has 8 heteroatoms. The van der Waals surface area contributed by atoms with E-state index in [4.69, 9.17) is 0 Å². The Morgan fingerprint density at radius 1 is 0.952 bits per heavy atom. The third-order valence-corrected chi connectivity index (χ3v) is 2.78. The van der Waals surface area contributed by atoms with E-state index >= 15 is 0 Å². The fraction of sp³-hybridized carbons (Fsp3) is 0.231. The van der Waals surface area contributed by atoms with Crippen LogP contribution in [0.15, 0.2) is 30.3 Å². The van der Waals surface area contributed by atoms with Crippen molar-refractivity contribution in [3.63, 3.8) is 0 Å². The van der Waals surface area contributed by atoms with Crippen LogP contribution in [0.3, 0.4) is 0 Å². The second-order valence-electron chi connectivity index (χ2n) is 4.36. The van der Waals surface area contributed by atoms with Gasteiger partial charge in [-0.3, -0.25) is 19.8 Å². The van der Waals surface area contributed by atoms with Crippen LogP contribution in [0.25, 0.3) is 0 Å². The van der Waals surface area contributed by atoms with Crippen molar-refractivity contribution >= 4 is 23.9 Å². The molecule has 0 unspecified atom stereocenters. The molecule has 0 saturated carbocycles. The van der Waals surface area contributed by atoms with Crippen LogP contribution < -0.4 is 16.0 Å². The Kier molecular flexibility index (Phi) is 4.50. The molecule has 2 aliphatic rings. The Bertz CT molecular complexity index is 543. The minimum atomic E-state index is -0.398. The van der Waals surface area contributed by atoms with E-state index in [1.165, 1.54) is 4.90 Å². The van der Waals surface area contributed by atoms with Gasteiger partial charge in [0.15, 0.2) is 0 Å². The van der Waals surface area contributed by atoms with E-state index in [1.54, 1.807) is 0 Å². The highest BCUT2D eigenvalue weighted by Gasteiger charge is 2.27. The predicted molar refractivity (Wildman–Crippen MR) is 71.9 cm³/mol. The van der Waals surface area contributed by atoms with Crippen molar-refractivity contribution in [1.29, 1.82) is 0 Å². The number of benzene rings is 1. The average molecular weight is 290 g/mol. The number of imide groups is 2. The van der Waals surface area contributed by atoms with Gasteiger partial charge in [-0.15, -0.1) is 0 Å². The number of carbonyl (C=O) groups excluding carboxylic acids is 4. The summed E-state index contributed by atoms with van der Waals surface area (Å²) in [6.45, 7) is 0.593. The summed E-state index contributed by atoms with van der Waals surface area (Å²) in [4.78, 5) is 43.7. The Labute approximate surface area is 120 Å². The zero-order valence-corrected chi connectivity index (χ0v) is 11.1. The van der Waals surface area contributed by atoms with Crippen molar-refractivity contribution in [3.8, 4) is 0 Å². The van der Waals surface area contributed by atoms with E-state index in [0.29, 0.717) is 6.54 Å². The second kappa shape index (κ2) is 6.51. The highest BCUT2D eigenvalue weighted by molar-refractivity contribution is 6.02. The van der Waals surface area contributed by atoms with E-state index in [2.05, 4.69) is 10.6 Å². The van der Waals surface area contributed by atoms with Gasteiger partial charge in [0.05, 0.1) is 19.6 Å². The molecule has 0 radical (unpaired) electrons. The SMILES string of the molecule is O=C1CNC(=O)N1.O=C1CNC(=O)N1Cc1ccccc1. The maximum atomic E-state index is 11.2. The second-order valence-corrected chi connectivity index (χ2v) is 4.36. The van der Waals surface area contributed by atoms with Gasteiger partial charge in [-0.05, 0) is 5.56 Å². The fourth-order valence-electron chi connectivity index (χ4n) is 1.76. The van der Waals surface area contributed by atoms with E-state index in [-0.39, 0.29) is 30.9 Å².